The molecule has 6 heteroatoms. The number of esters is 1. The van der Waals surface area contributed by atoms with Crippen LogP contribution < -0.4 is 4.90 Å². The van der Waals surface area contributed by atoms with Gasteiger partial charge in [-0.25, -0.2) is 14.8 Å². The van der Waals surface area contributed by atoms with E-state index in [-0.39, 0.29) is 6.10 Å². The number of carbonyl (C=O) groups excluding carboxylic acids is 1. The van der Waals surface area contributed by atoms with Gasteiger partial charge in [0.2, 0.25) is 0 Å². The second kappa shape index (κ2) is 6.32. The summed E-state index contributed by atoms with van der Waals surface area (Å²) in [5.74, 6) is 0.513. The summed E-state index contributed by atoms with van der Waals surface area (Å²) in [5.41, 5.74) is 2.51. The van der Waals surface area contributed by atoms with E-state index in [0.717, 1.165) is 30.2 Å². The molecule has 2 aromatic rings. The molecule has 23 heavy (non-hydrogen) atoms. The summed E-state index contributed by atoms with van der Waals surface area (Å²) in [6.07, 6.45) is 2.41. The van der Waals surface area contributed by atoms with E-state index in [1.165, 1.54) is 0 Å². The van der Waals surface area contributed by atoms with Gasteiger partial charge in [-0.3, -0.25) is 4.98 Å². The molecule has 120 valence electrons. The summed E-state index contributed by atoms with van der Waals surface area (Å²) in [4.78, 5) is 27.5. The van der Waals surface area contributed by atoms with Gasteiger partial charge in [0.1, 0.15) is 11.9 Å². The highest BCUT2D eigenvalue weighted by Crippen LogP contribution is 2.20. The lowest BCUT2D eigenvalue weighted by atomic mass is 10.2. The Balaban J connectivity index is 1.67. The molecule has 0 amide bonds. The molecular weight excluding hydrogens is 292 g/mol. The van der Waals surface area contributed by atoms with Crippen LogP contribution >= 0.6 is 0 Å². The largest absolute Gasteiger partial charge is 0.456 e. The van der Waals surface area contributed by atoms with Crippen LogP contribution in [0.5, 0.6) is 0 Å². The lowest BCUT2D eigenvalue weighted by molar-refractivity contribution is 0.0339. The number of carbonyl (C=O) groups is 1. The van der Waals surface area contributed by atoms with Crippen molar-refractivity contribution >= 4 is 11.8 Å². The first-order valence-corrected chi connectivity index (χ1v) is 7.73. The topological polar surface area (TPSA) is 68.2 Å². The van der Waals surface area contributed by atoms with Crippen LogP contribution in [-0.4, -0.2) is 40.1 Å². The Bertz CT molecular complexity index is 718. The van der Waals surface area contributed by atoms with Crippen molar-refractivity contribution in [1.29, 1.82) is 0 Å². The van der Waals surface area contributed by atoms with Crippen molar-refractivity contribution in [3.05, 3.63) is 47.2 Å². The molecule has 1 atom stereocenters. The van der Waals surface area contributed by atoms with E-state index >= 15 is 0 Å². The second-order valence-electron chi connectivity index (χ2n) is 5.78. The van der Waals surface area contributed by atoms with Crippen LogP contribution in [0.25, 0.3) is 0 Å². The Morgan fingerprint density at radius 1 is 1.17 bits per heavy atom. The fraction of sp³-hybridized carbons (Fsp3) is 0.412. The van der Waals surface area contributed by atoms with E-state index in [9.17, 15) is 4.79 Å². The molecule has 0 aromatic carbocycles. The van der Waals surface area contributed by atoms with E-state index in [0.29, 0.717) is 17.9 Å². The van der Waals surface area contributed by atoms with Crippen LogP contribution in [0.1, 0.15) is 34.0 Å². The summed E-state index contributed by atoms with van der Waals surface area (Å²) in [6, 6.07) is 5.80. The van der Waals surface area contributed by atoms with Gasteiger partial charge in [-0.05, 0) is 32.9 Å². The van der Waals surface area contributed by atoms with Crippen LogP contribution in [0.15, 0.2) is 24.4 Å². The quantitative estimate of drug-likeness (QED) is 0.810. The molecule has 1 fully saturated rings. The predicted molar refractivity (Wildman–Crippen MR) is 86.5 cm³/mol. The van der Waals surface area contributed by atoms with Gasteiger partial charge < -0.3 is 9.64 Å². The van der Waals surface area contributed by atoms with Gasteiger partial charge >= 0.3 is 5.97 Å². The number of rotatable bonds is 3. The Kier molecular flexibility index (Phi) is 4.23. The summed E-state index contributed by atoms with van der Waals surface area (Å²) in [5, 5.41) is 0. The molecule has 6 nitrogen and oxygen atoms in total. The number of nitrogens with zero attached hydrogens (tertiary/aromatic N) is 4. The van der Waals surface area contributed by atoms with Gasteiger partial charge in [-0.2, -0.15) is 0 Å². The van der Waals surface area contributed by atoms with Crippen molar-refractivity contribution in [2.45, 2.75) is 33.3 Å². The molecule has 0 N–H and O–H groups in total. The van der Waals surface area contributed by atoms with Crippen molar-refractivity contribution in [3.63, 3.8) is 0 Å². The standard InChI is InChI=1S/C17H20N4O2/c1-11-12(2)20-16(13(3)19-11)17(22)23-14-7-9-21(10-14)15-6-4-5-8-18-15/h4-6,8,14H,7,9-10H2,1-3H3/t14-/m0/s1. The smallest absolute Gasteiger partial charge is 0.359 e. The summed E-state index contributed by atoms with van der Waals surface area (Å²) in [7, 11) is 0. The van der Waals surface area contributed by atoms with E-state index in [1.807, 2.05) is 32.0 Å². The molecule has 0 unspecified atom stereocenters. The zero-order valence-electron chi connectivity index (χ0n) is 13.6. The second-order valence-corrected chi connectivity index (χ2v) is 5.78. The van der Waals surface area contributed by atoms with E-state index in [1.54, 1.807) is 13.1 Å². The molecule has 0 saturated carbocycles. The number of aromatic nitrogens is 3. The molecule has 2 aromatic heterocycles. The first-order chi connectivity index (χ1) is 11.0. The molecule has 0 aliphatic carbocycles. The molecule has 1 aliphatic heterocycles. The number of ether oxygens (including phenoxy) is 1. The number of pyridine rings is 1. The maximum Gasteiger partial charge on any atom is 0.359 e. The molecule has 3 rings (SSSR count). The van der Waals surface area contributed by atoms with Gasteiger partial charge in [0.25, 0.3) is 0 Å². The molecule has 0 bridgehead atoms. The lowest BCUT2D eigenvalue weighted by Gasteiger charge is -2.17. The van der Waals surface area contributed by atoms with Gasteiger partial charge in [-0.15, -0.1) is 0 Å². The van der Waals surface area contributed by atoms with Gasteiger partial charge in [0, 0.05) is 19.2 Å². The maximum atomic E-state index is 12.4. The van der Waals surface area contributed by atoms with Crippen molar-refractivity contribution in [2.24, 2.45) is 0 Å². The first kappa shape index (κ1) is 15.4. The highest BCUT2D eigenvalue weighted by molar-refractivity contribution is 5.88. The zero-order chi connectivity index (χ0) is 16.4. The number of hydrogen-bond acceptors (Lipinski definition) is 6. The average Bonchev–Trinajstić information content (AvgIpc) is 3.00. The molecular formula is C17H20N4O2. The van der Waals surface area contributed by atoms with Gasteiger partial charge in [0.15, 0.2) is 5.69 Å². The monoisotopic (exact) mass is 312 g/mol. The Hall–Kier alpha value is -2.50. The van der Waals surface area contributed by atoms with Crippen LogP contribution in [0.2, 0.25) is 0 Å². The first-order valence-electron chi connectivity index (χ1n) is 7.73. The Morgan fingerprint density at radius 2 is 1.96 bits per heavy atom. The summed E-state index contributed by atoms with van der Waals surface area (Å²) < 4.78 is 5.61. The molecule has 1 aliphatic rings. The van der Waals surface area contributed by atoms with Gasteiger partial charge in [-0.1, -0.05) is 6.07 Å². The highest BCUT2D eigenvalue weighted by Gasteiger charge is 2.28. The van der Waals surface area contributed by atoms with Crippen molar-refractivity contribution < 1.29 is 9.53 Å². The van der Waals surface area contributed by atoms with Crippen LogP contribution in [0.3, 0.4) is 0 Å². The number of aryl methyl sites for hydroxylation is 3. The van der Waals surface area contributed by atoms with Crippen molar-refractivity contribution in [2.75, 3.05) is 18.0 Å². The predicted octanol–water partition coefficient (Wildman–Crippen LogP) is 2.23. The number of hydrogen-bond donors (Lipinski definition) is 0. The third-order valence-electron chi connectivity index (χ3n) is 4.07. The minimum Gasteiger partial charge on any atom is -0.456 e. The highest BCUT2D eigenvalue weighted by atomic mass is 16.5. The minimum absolute atomic E-state index is 0.146. The summed E-state index contributed by atoms with van der Waals surface area (Å²) >= 11 is 0. The molecule has 0 spiro atoms. The molecule has 0 radical (unpaired) electrons. The third-order valence-corrected chi connectivity index (χ3v) is 4.07. The fourth-order valence-electron chi connectivity index (χ4n) is 2.69. The maximum absolute atomic E-state index is 12.4. The third kappa shape index (κ3) is 3.31. The summed E-state index contributed by atoms with van der Waals surface area (Å²) in [6.45, 7) is 6.99. The van der Waals surface area contributed by atoms with Crippen LogP contribution in [0.4, 0.5) is 5.82 Å². The number of anilines is 1. The molecule has 3 heterocycles. The van der Waals surface area contributed by atoms with E-state index in [2.05, 4.69) is 19.9 Å². The normalized spacial score (nSPS) is 17.3. The van der Waals surface area contributed by atoms with Gasteiger partial charge in [0.05, 0.1) is 23.6 Å². The lowest BCUT2D eigenvalue weighted by Crippen LogP contribution is -2.26. The Labute approximate surface area is 135 Å². The molecule has 1 saturated heterocycles. The van der Waals surface area contributed by atoms with E-state index < -0.39 is 5.97 Å². The fourth-order valence-corrected chi connectivity index (χ4v) is 2.69. The van der Waals surface area contributed by atoms with Crippen LogP contribution in [-0.2, 0) is 4.74 Å². The van der Waals surface area contributed by atoms with Crippen molar-refractivity contribution in [1.82, 2.24) is 15.0 Å². The SMILES string of the molecule is Cc1nc(C)c(C(=O)O[C@H]2CCN(c3ccccn3)C2)nc1C. The Morgan fingerprint density at radius 3 is 2.70 bits per heavy atom. The minimum atomic E-state index is -0.397. The van der Waals surface area contributed by atoms with Crippen LogP contribution in [0, 0.1) is 20.8 Å². The van der Waals surface area contributed by atoms with Crippen molar-refractivity contribution in [3.8, 4) is 0 Å². The van der Waals surface area contributed by atoms with E-state index in [4.69, 9.17) is 4.74 Å². The average molecular weight is 312 g/mol. The zero-order valence-corrected chi connectivity index (χ0v) is 13.6.